The molecule has 10 heavy (non-hydrogen) atoms. The molecule has 0 aromatic heterocycles. The normalized spacial score (nSPS) is 12.7. The van der Waals surface area contributed by atoms with Crippen LogP contribution in [0.2, 0.25) is 0 Å². The molecule has 0 N–H and O–H groups in total. The topological polar surface area (TPSA) is 26.3 Å². The van der Waals surface area contributed by atoms with Crippen LogP contribution >= 0.6 is 23.4 Å². The quantitative estimate of drug-likeness (QED) is 0.496. The molecule has 0 fully saturated rings. The van der Waals surface area contributed by atoms with Crippen LogP contribution in [0.5, 0.6) is 0 Å². The molecule has 0 amide bonds. The molecule has 0 spiro atoms. The van der Waals surface area contributed by atoms with Crippen LogP contribution in [0, 0.1) is 0 Å². The van der Waals surface area contributed by atoms with Gasteiger partial charge in [0.2, 0.25) is 0 Å². The Balaban J connectivity index is 3.37. The molecule has 4 heteroatoms. The van der Waals surface area contributed by atoms with E-state index < -0.39 is 5.56 Å². The molecule has 0 bridgehead atoms. The van der Waals surface area contributed by atoms with Crippen LogP contribution in [0.1, 0.15) is 20.3 Å². The molecule has 0 aliphatic rings. The maximum Gasteiger partial charge on any atom is 0.368 e. The molecular weight excluding hydrogens is 172 g/mol. The van der Waals surface area contributed by atoms with E-state index in [4.69, 9.17) is 16.3 Å². The van der Waals surface area contributed by atoms with Crippen molar-refractivity contribution in [1.29, 1.82) is 0 Å². The van der Waals surface area contributed by atoms with Gasteiger partial charge >= 0.3 is 5.30 Å². The second-order valence-electron chi connectivity index (χ2n) is 1.62. The summed E-state index contributed by atoms with van der Waals surface area (Å²) in [6.45, 7) is 3.75. The smallest absolute Gasteiger partial charge is 0.368 e. The molecule has 0 aromatic carbocycles. The summed E-state index contributed by atoms with van der Waals surface area (Å²) >= 11 is 6.67. The lowest BCUT2D eigenvalue weighted by Crippen LogP contribution is -2.06. The molecule has 0 aliphatic carbocycles. The summed E-state index contributed by atoms with van der Waals surface area (Å²) in [5, 5.41) is -0.288. The van der Waals surface area contributed by atoms with Crippen molar-refractivity contribution in [3.05, 3.63) is 0 Å². The monoisotopic (exact) mass is 182 g/mol. The Morgan fingerprint density at radius 1 is 1.70 bits per heavy atom. The number of carbonyl (C=O) groups excluding carboxylic acids is 1. The van der Waals surface area contributed by atoms with Crippen molar-refractivity contribution < 1.29 is 9.53 Å². The summed E-state index contributed by atoms with van der Waals surface area (Å²) in [7, 11) is 0. The Labute approximate surface area is 70.3 Å². The van der Waals surface area contributed by atoms with Crippen LogP contribution in [0.4, 0.5) is 4.79 Å². The molecule has 0 aliphatic heterocycles. The molecular formula is C6H11ClO2S. The van der Waals surface area contributed by atoms with Crippen molar-refractivity contribution >= 4 is 28.7 Å². The zero-order valence-corrected chi connectivity index (χ0v) is 7.67. The van der Waals surface area contributed by atoms with Gasteiger partial charge in [-0.1, -0.05) is 25.4 Å². The Bertz CT molecular complexity index is 108. The highest BCUT2D eigenvalue weighted by Gasteiger charge is 2.07. The molecule has 0 saturated carbocycles. The molecule has 0 rings (SSSR count). The second-order valence-corrected chi connectivity index (χ2v) is 3.31. The van der Waals surface area contributed by atoms with E-state index in [0.717, 1.165) is 17.5 Å². The predicted octanol–water partition coefficient (Wildman–Crippen LogP) is 2.85. The third-order valence-electron chi connectivity index (χ3n) is 0.807. The highest BCUT2D eigenvalue weighted by molar-refractivity contribution is 8.13. The van der Waals surface area contributed by atoms with Crippen molar-refractivity contribution in [2.24, 2.45) is 0 Å². The summed E-state index contributed by atoms with van der Waals surface area (Å²) in [6, 6.07) is 0. The molecule has 0 saturated heterocycles. The van der Waals surface area contributed by atoms with Crippen LogP contribution < -0.4 is 0 Å². The van der Waals surface area contributed by atoms with Crippen LogP contribution in [-0.2, 0) is 4.74 Å². The van der Waals surface area contributed by atoms with E-state index in [9.17, 15) is 4.79 Å². The molecule has 0 aromatic rings. The molecule has 0 heterocycles. The fourth-order valence-electron chi connectivity index (χ4n) is 0.340. The summed E-state index contributed by atoms with van der Waals surface area (Å²) in [5.41, 5.74) is -0.466. The van der Waals surface area contributed by atoms with Gasteiger partial charge in [-0.05, 0) is 18.2 Å². The fourth-order valence-corrected chi connectivity index (χ4v) is 0.893. The number of halogens is 1. The summed E-state index contributed by atoms with van der Waals surface area (Å²) in [4.78, 5) is 10.7. The Morgan fingerprint density at radius 2 is 2.30 bits per heavy atom. The van der Waals surface area contributed by atoms with Crippen molar-refractivity contribution in [2.75, 3.05) is 5.75 Å². The maximum atomic E-state index is 10.7. The molecule has 1 atom stereocenters. The summed E-state index contributed by atoms with van der Waals surface area (Å²) < 4.78 is 4.73. The second kappa shape index (κ2) is 5.86. The Morgan fingerprint density at radius 3 is 2.70 bits per heavy atom. The lowest BCUT2D eigenvalue weighted by molar-refractivity contribution is 0.159. The first-order valence-corrected chi connectivity index (χ1v) is 4.60. The van der Waals surface area contributed by atoms with Gasteiger partial charge in [0, 0.05) is 5.75 Å². The highest BCUT2D eigenvalue weighted by atomic mass is 35.5. The van der Waals surface area contributed by atoms with Crippen LogP contribution in [-0.4, -0.2) is 16.6 Å². The number of thioether (sulfide) groups is 1. The number of ether oxygens (including phenoxy) is 1. The lowest BCUT2D eigenvalue weighted by Gasteiger charge is -2.06. The average molecular weight is 183 g/mol. The first kappa shape index (κ1) is 10.1. The SMILES string of the molecule is CCSC(=O)OC(Cl)CC. The van der Waals surface area contributed by atoms with Gasteiger partial charge in [-0.3, -0.25) is 0 Å². The van der Waals surface area contributed by atoms with Crippen LogP contribution in [0.3, 0.4) is 0 Å². The van der Waals surface area contributed by atoms with E-state index in [1.54, 1.807) is 0 Å². The van der Waals surface area contributed by atoms with E-state index in [0.29, 0.717) is 6.42 Å². The number of alkyl halides is 1. The van der Waals surface area contributed by atoms with E-state index in [1.165, 1.54) is 0 Å². The van der Waals surface area contributed by atoms with Gasteiger partial charge in [0.1, 0.15) is 0 Å². The number of hydrogen-bond acceptors (Lipinski definition) is 3. The number of hydrogen-bond donors (Lipinski definition) is 0. The minimum Gasteiger partial charge on any atom is -0.438 e. The number of rotatable bonds is 3. The van der Waals surface area contributed by atoms with Crippen molar-refractivity contribution in [3.8, 4) is 0 Å². The third-order valence-corrected chi connectivity index (χ3v) is 1.83. The molecule has 2 nitrogen and oxygen atoms in total. The van der Waals surface area contributed by atoms with Crippen LogP contribution in [0.25, 0.3) is 0 Å². The van der Waals surface area contributed by atoms with Gasteiger partial charge in [-0.15, -0.1) is 0 Å². The van der Waals surface area contributed by atoms with E-state index in [-0.39, 0.29) is 5.30 Å². The van der Waals surface area contributed by atoms with Crippen molar-refractivity contribution in [1.82, 2.24) is 0 Å². The van der Waals surface area contributed by atoms with Gasteiger partial charge in [0.15, 0.2) is 5.56 Å². The van der Waals surface area contributed by atoms with E-state index in [1.807, 2.05) is 13.8 Å². The maximum absolute atomic E-state index is 10.7. The van der Waals surface area contributed by atoms with E-state index in [2.05, 4.69) is 0 Å². The first-order chi connectivity index (χ1) is 4.70. The zero-order chi connectivity index (χ0) is 7.98. The van der Waals surface area contributed by atoms with Crippen molar-refractivity contribution in [2.45, 2.75) is 25.8 Å². The molecule has 0 radical (unpaired) electrons. The van der Waals surface area contributed by atoms with Gasteiger partial charge in [-0.2, -0.15) is 0 Å². The van der Waals surface area contributed by atoms with Gasteiger partial charge in [0.05, 0.1) is 0 Å². The largest absolute Gasteiger partial charge is 0.438 e. The molecule has 60 valence electrons. The molecule has 1 unspecified atom stereocenters. The van der Waals surface area contributed by atoms with E-state index >= 15 is 0 Å². The number of carbonyl (C=O) groups is 1. The first-order valence-electron chi connectivity index (χ1n) is 3.18. The summed E-state index contributed by atoms with van der Waals surface area (Å²) in [6.07, 6.45) is 0.650. The minimum atomic E-state index is -0.466. The van der Waals surface area contributed by atoms with Gasteiger partial charge in [0.25, 0.3) is 0 Å². The summed E-state index contributed by atoms with van der Waals surface area (Å²) in [5.74, 6) is 0.728. The predicted molar refractivity (Wildman–Crippen MR) is 44.5 cm³/mol. The Kier molecular flexibility index (Phi) is 5.93. The van der Waals surface area contributed by atoms with Crippen molar-refractivity contribution in [3.63, 3.8) is 0 Å². The standard InChI is InChI=1S/C6H11ClO2S/c1-3-5(7)9-6(8)10-4-2/h5H,3-4H2,1-2H3. The zero-order valence-electron chi connectivity index (χ0n) is 6.09. The van der Waals surface area contributed by atoms with Crippen LogP contribution in [0.15, 0.2) is 0 Å². The minimum absolute atomic E-state index is 0.288. The van der Waals surface area contributed by atoms with Gasteiger partial charge in [-0.25, -0.2) is 4.79 Å². The highest BCUT2D eigenvalue weighted by Crippen LogP contribution is 2.10. The average Bonchev–Trinajstić information content (AvgIpc) is 1.88. The Hall–Kier alpha value is 0.110. The lowest BCUT2D eigenvalue weighted by atomic mass is 10.5. The van der Waals surface area contributed by atoms with Gasteiger partial charge < -0.3 is 4.74 Å². The third kappa shape index (κ3) is 4.94. The fraction of sp³-hybridized carbons (Fsp3) is 0.833.